The summed E-state index contributed by atoms with van der Waals surface area (Å²) in [6.07, 6.45) is -0.921. The molecule has 0 aliphatic rings. The smallest absolute Gasteiger partial charge is 0.306 e. The third-order valence-electron chi connectivity index (χ3n) is 3.50. The monoisotopic (exact) mass is 346 g/mol. The summed E-state index contributed by atoms with van der Waals surface area (Å²) in [5.74, 6) is -1.02. The molecule has 1 aromatic carbocycles. The van der Waals surface area contributed by atoms with E-state index in [-0.39, 0.29) is 0 Å². The Balaban J connectivity index is 3.15. The first kappa shape index (κ1) is 16.8. The molecule has 0 spiro atoms. The first-order chi connectivity index (χ1) is 9.33. The Kier molecular flexibility index (Phi) is 5.83. The Hall–Kier alpha value is -1.27. The molecule has 0 saturated heterocycles. The van der Waals surface area contributed by atoms with Crippen molar-refractivity contribution in [3.8, 4) is 11.5 Å². The number of methoxy groups -OCH3 is 2. The van der Waals surface area contributed by atoms with Gasteiger partial charge >= 0.3 is 5.97 Å². The number of carboxylic acid groups (broad SMARTS) is 1. The van der Waals surface area contributed by atoms with Crippen LogP contribution in [0.15, 0.2) is 16.6 Å². The maximum atomic E-state index is 11.0. The molecule has 0 aliphatic carbocycles. The van der Waals surface area contributed by atoms with Crippen LogP contribution in [0.4, 0.5) is 0 Å². The summed E-state index contributed by atoms with van der Waals surface area (Å²) < 4.78 is 11.0. The molecular weight excluding hydrogens is 328 g/mol. The zero-order chi connectivity index (χ0) is 15.4. The summed E-state index contributed by atoms with van der Waals surface area (Å²) in [5, 5.41) is 19.4. The number of carboxylic acids is 1. The molecule has 0 bridgehead atoms. The topological polar surface area (TPSA) is 76.0 Å². The highest BCUT2D eigenvalue weighted by molar-refractivity contribution is 9.10. The quantitative estimate of drug-likeness (QED) is 0.828. The van der Waals surface area contributed by atoms with Crippen LogP contribution in [0.25, 0.3) is 0 Å². The van der Waals surface area contributed by atoms with Crippen molar-refractivity contribution >= 4 is 21.9 Å². The SMILES string of the molecule is COc1cc(Br)c(C(O)C(C)C(C)C(=O)O)cc1OC. The lowest BCUT2D eigenvalue weighted by atomic mass is 9.87. The third-order valence-corrected chi connectivity index (χ3v) is 4.18. The van der Waals surface area contributed by atoms with Gasteiger partial charge in [0.05, 0.1) is 26.2 Å². The zero-order valence-corrected chi connectivity index (χ0v) is 13.5. The molecule has 0 saturated carbocycles. The van der Waals surface area contributed by atoms with Crippen LogP contribution in [0.2, 0.25) is 0 Å². The van der Waals surface area contributed by atoms with Crippen molar-refractivity contribution in [2.24, 2.45) is 11.8 Å². The number of aliphatic carboxylic acids is 1. The van der Waals surface area contributed by atoms with Gasteiger partial charge in [-0.2, -0.15) is 0 Å². The predicted octanol–water partition coefficient (Wildman–Crippen LogP) is 2.86. The highest BCUT2D eigenvalue weighted by atomic mass is 79.9. The van der Waals surface area contributed by atoms with E-state index in [1.807, 2.05) is 0 Å². The number of carbonyl (C=O) groups is 1. The Morgan fingerprint density at radius 2 is 1.70 bits per heavy atom. The first-order valence-electron chi connectivity index (χ1n) is 6.15. The van der Waals surface area contributed by atoms with Gasteiger partial charge in [-0.25, -0.2) is 0 Å². The summed E-state index contributed by atoms with van der Waals surface area (Å²) >= 11 is 3.36. The van der Waals surface area contributed by atoms with Crippen LogP contribution in [0.1, 0.15) is 25.5 Å². The minimum Gasteiger partial charge on any atom is -0.493 e. The van der Waals surface area contributed by atoms with Gasteiger partial charge < -0.3 is 19.7 Å². The fourth-order valence-electron chi connectivity index (χ4n) is 1.88. The van der Waals surface area contributed by atoms with Crippen LogP contribution in [-0.2, 0) is 4.79 Å². The average Bonchev–Trinajstić information content (AvgIpc) is 2.44. The molecule has 6 heteroatoms. The van der Waals surface area contributed by atoms with Gasteiger partial charge in [-0.15, -0.1) is 0 Å². The lowest BCUT2D eigenvalue weighted by Gasteiger charge is -2.24. The predicted molar refractivity (Wildman–Crippen MR) is 78.2 cm³/mol. The van der Waals surface area contributed by atoms with Crippen molar-refractivity contribution in [2.75, 3.05) is 14.2 Å². The number of aliphatic hydroxyl groups is 1. The summed E-state index contributed by atoms with van der Waals surface area (Å²) in [6, 6.07) is 3.34. The van der Waals surface area contributed by atoms with Crippen molar-refractivity contribution in [3.05, 3.63) is 22.2 Å². The Bertz CT molecular complexity index is 489. The molecule has 0 aliphatic heterocycles. The molecule has 3 unspecified atom stereocenters. The second-order valence-corrected chi connectivity index (χ2v) is 5.51. The fourth-order valence-corrected chi connectivity index (χ4v) is 2.44. The van der Waals surface area contributed by atoms with Crippen LogP contribution in [0.5, 0.6) is 11.5 Å². The van der Waals surface area contributed by atoms with Gasteiger partial charge in [0.2, 0.25) is 0 Å². The van der Waals surface area contributed by atoms with Crippen molar-refractivity contribution < 1.29 is 24.5 Å². The van der Waals surface area contributed by atoms with Crippen LogP contribution < -0.4 is 9.47 Å². The zero-order valence-electron chi connectivity index (χ0n) is 11.9. The van der Waals surface area contributed by atoms with E-state index in [2.05, 4.69) is 15.9 Å². The maximum Gasteiger partial charge on any atom is 0.306 e. The van der Waals surface area contributed by atoms with Gasteiger partial charge in [0, 0.05) is 4.47 Å². The van der Waals surface area contributed by atoms with E-state index in [1.54, 1.807) is 26.0 Å². The number of rotatable bonds is 6. The van der Waals surface area contributed by atoms with Crippen LogP contribution >= 0.6 is 15.9 Å². The van der Waals surface area contributed by atoms with Gasteiger partial charge in [-0.05, 0) is 23.6 Å². The van der Waals surface area contributed by atoms with Gasteiger partial charge in [-0.1, -0.05) is 29.8 Å². The van der Waals surface area contributed by atoms with E-state index in [1.165, 1.54) is 14.2 Å². The molecule has 20 heavy (non-hydrogen) atoms. The summed E-state index contributed by atoms with van der Waals surface area (Å²) in [5.41, 5.74) is 0.572. The molecule has 3 atom stereocenters. The standard InChI is InChI=1S/C14H19BrO5/c1-7(8(2)14(17)18)13(16)9-5-11(19-3)12(20-4)6-10(9)15/h5-8,13,16H,1-4H3,(H,17,18). The first-order valence-corrected chi connectivity index (χ1v) is 6.95. The van der Waals surface area contributed by atoms with Gasteiger partial charge in [0.15, 0.2) is 11.5 Å². The number of ether oxygens (including phenoxy) is 2. The maximum absolute atomic E-state index is 11.0. The van der Waals surface area contributed by atoms with Crippen molar-refractivity contribution in [1.29, 1.82) is 0 Å². The third kappa shape index (κ3) is 3.43. The number of aliphatic hydroxyl groups excluding tert-OH is 1. The van der Waals surface area contributed by atoms with E-state index >= 15 is 0 Å². The summed E-state index contributed by atoms with van der Waals surface area (Å²) in [7, 11) is 3.03. The molecule has 0 heterocycles. The van der Waals surface area contributed by atoms with Crippen molar-refractivity contribution in [1.82, 2.24) is 0 Å². The molecule has 1 rings (SSSR count). The largest absolute Gasteiger partial charge is 0.493 e. The normalized spacial score (nSPS) is 15.3. The molecule has 5 nitrogen and oxygen atoms in total. The van der Waals surface area contributed by atoms with Crippen molar-refractivity contribution in [3.63, 3.8) is 0 Å². The lowest BCUT2D eigenvalue weighted by molar-refractivity contribution is -0.144. The summed E-state index contributed by atoms with van der Waals surface area (Å²) in [4.78, 5) is 11.0. The fraction of sp³-hybridized carbons (Fsp3) is 0.500. The minimum atomic E-state index is -0.937. The molecule has 112 valence electrons. The van der Waals surface area contributed by atoms with Gasteiger partial charge in [0.1, 0.15) is 0 Å². The van der Waals surface area contributed by atoms with Crippen molar-refractivity contribution in [2.45, 2.75) is 20.0 Å². The number of hydrogen-bond donors (Lipinski definition) is 2. The van der Waals surface area contributed by atoms with E-state index in [0.717, 1.165) is 0 Å². The second kappa shape index (κ2) is 6.95. The molecule has 0 fully saturated rings. The van der Waals surface area contributed by atoms with Gasteiger partial charge in [-0.3, -0.25) is 4.79 Å². The van der Waals surface area contributed by atoms with Gasteiger partial charge in [0.25, 0.3) is 0 Å². The minimum absolute atomic E-state index is 0.443. The molecule has 0 amide bonds. The van der Waals surface area contributed by atoms with Crippen LogP contribution in [0, 0.1) is 11.8 Å². The van der Waals surface area contributed by atoms with E-state index in [0.29, 0.717) is 21.5 Å². The Morgan fingerprint density at radius 1 is 1.20 bits per heavy atom. The lowest BCUT2D eigenvalue weighted by Crippen LogP contribution is -2.24. The van der Waals surface area contributed by atoms with E-state index in [4.69, 9.17) is 14.6 Å². The molecule has 0 aromatic heterocycles. The molecule has 1 aromatic rings. The summed E-state index contributed by atoms with van der Waals surface area (Å²) in [6.45, 7) is 3.28. The number of benzene rings is 1. The number of halogens is 1. The molecule has 2 N–H and O–H groups in total. The van der Waals surface area contributed by atoms with E-state index < -0.39 is 23.9 Å². The van der Waals surface area contributed by atoms with Crippen LogP contribution in [0.3, 0.4) is 0 Å². The average molecular weight is 347 g/mol. The Morgan fingerprint density at radius 3 is 2.15 bits per heavy atom. The van der Waals surface area contributed by atoms with Crippen LogP contribution in [-0.4, -0.2) is 30.4 Å². The molecule has 0 radical (unpaired) electrons. The number of hydrogen-bond acceptors (Lipinski definition) is 4. The highest BCUT2D eigenvalue weighted by Gasteiger charge is 2.29. The van der Waals surface area contributed by atoms with E-state index in [9.17, 15) is 9.90 Å². The second-order valence-electron chi connectivity index (χ2n) is 4.66. The molecular formula is C14H19BrO5. The Labute approximate surface area is 126 Å². The highest BCUT2D eigenvalue weighted by Crippen LogP contribution is 2.39.